The molecule has 0 radical (unpaired) electrons. The van der Waals surface area contributed by atoms with Crippen LogP contribution in [0.5, 0.6) is 5.75 Å². The number of phenols is 1. The minimum Gasteiger partial charge on any atom is -0.508 e. The Labute approximate surface area is 140 Å². The molecule has 0 saturated heterocycles. The molecule has 0 bridgehead atoms. The van der Waals surface area contributed by atoms with Crippen LogP contribution < -0.4 is 0 Å². The van der Waals surface area contributed by atoms with Gasteiger partial charge in [-0.25, -0.2) is 0 Å². The minimum absolute atomic E-state index is 0.0700. The summed E-state index contributed by atoms with van der Waals surface area (Å²) in [5, 5.41) is 35.1. The molecule has 1 fully saturated rings. The van der Waals surface area contributed by atoms with E-state index in [0.717, 1.165) is 20.0 Å². The Balaban J connectivity index is 0.00000139. The van der Waals surface area contributed by atoms with E-state index >= 15 is 0 Å². The fourth-order valence-electron chi connectivity index (χ4n) is 2.85. The van der Waals surface area contributed by atoms with Crippen LogP contribution in [-0.4, -0.2) is 52.2 Å². The van der Waals surface area contributed by atoms with Gasteiger partial charge in [0.1, 0.15) is 5.75 Å². The zero-order valence-corrected chi connectivity index (χ0v) is 13.8. The zero-order chi connectivity index (χ0) is 18.3. The van der Waals surface area contributed by atoms with E-state index in [0.29, 0.717) is 11.3 Å². The van der Waals surface area contributed by atoms with E-state index in [2.05, 4.69) is 4.99 Å². The fourth-order valence-corrected chi connectivity index (χ4v) is 2.85. The van der Waals surface area contributed by atoms with Crippen LogP contribution in [-0.2, 0) is 9.59 Å². The molecule has 0 spiro atoms. The highest BCUT2D eigenvalue weighted by Crippen LogP contribution is 2.51. The largest absolute Gasteiger partial charge is 0.508 e. The van der Waals surface area contributed by atoms with Gasteiger partial charge in [-0.15, -0.1) is 0 Å². The van der Waals surface area contributed by atoms with Crippen LogP contribution in [0.3, 0.4) is 0 Å². The summed E-state index contributed by atoms with van der Waals surface area (Å²) in [7, 11) is 2.56. The molecule has 1 aromatic carbocycles. The molecular weight excluding hydrogens is 314 g/mol. The molecule has 0 aromatic heterocycles. The quantitative estimate of drug-likeness (QED) is 0.561. The van der Waals surface area contributed by atoms with E-state index in [4.69, 9.17) is 10.2 Å². The van der Waals surface area contributed by atoms with Gasteiger partial charge in [-0.2, -0.15) is 0 Å². The van der Waals surface area contributed by atoms with Gasteiger partial charge in [-0.05, 0) is 48.6 Å². The Morgan fingerprint density at radius 3 is 2.04 bits per heavy atom. The van der Waals surface area contributed by atoms with Crippen molar-refractivity contribution >= 4 is 17.7 Å². The summed E-state index contributed by atoms with van der Waals surface area (Å²) >= 11 is 0. The summed E-state index contributed by atoms with van der Waals surface area (Å²) in [4.78, 5) is 27.1. The van der Waals surface area contributed by atoms with Gasteiger partial charge in [0.05, 0.1) is 11.8 Å². The van der Waals surface area contributed by atoms with Crippen LogP contribution >= 0.6 is 0 Å². The molecule has 0 aliphatic heterocycles. The van der Waals surface area contributed by atoms with E-state index in [1.807, 2.05) is 0 Å². The highest BCUT2D eigenvalue weighted by Gasteiger charge is 2.53. The normalized spacial score (nSPS) is 16.5. The molecule has 1 atom stereocenters. The van der Waals surface area contributed by atoms with Gasteiger partial charge in [0.2, 0.25) is 0 Å². The average molecular weight is 337 g/mol. The van der Waals surface area contributed by atoms with Gasteiger partial charge in [0.25, 0.3) is 0 Å². The van der Waals surface area contributed by atoms with Crippen LogP contribution in [0.15, 0.2) is 29.3 Å². The number of nitrogens with zero attached hydrogens (tertiary/aromatic N) is 1. The molecule has 4 N–H and O–H groups in total. The van der Waals surface area contributed by atoms with Crippen molar-refractivity contribution in [3.63, 3.8) is 0 Å². The molecular formula is C17H23NO6. The number of carboxylic acids is 2. The lowest BCUT2D eigenvalue weighted by Gasteiger charge is -2.28. The SMILES string of the molecule is CN=C(CC(CC(=O)O)(C(=O)O)C1CC1)c1ccc(O)cc1.CO. The lowest BCUT2D eigenvalue weighted by atomic mass is 9.74. The number of phenolic OH excluding ortho intramolecular Hbond substituents is 1. The number of rotatable bonds is 7. The van der Waals surface area contributed by atoms with Crippen molar-refractivity contribution in [1.82, 2.24) is 0 Å². The highest BCUT2D eigenvalue weighted by atomic mass is 16.4. The maximum absolute atomic E-state index is 11.8. The summed E-state index contributed by atoms with van der Waals surface area (Å²) < 4.78 is 0. The van der Waals surface area contributed by atoms with Gasteiger partial charge < -0.3 is 20.4 Å². The van der Waals surface area contributed by atoms with Crippen molar-refractivity contribution in [1.29, 1.82) is 0 Å². The number of aliphatic imine (C=N–C) groups is 1. The Morgan fingerprint density at radius 1 is 1.12 bits per heavy atom. The predicted molar refractivity (Wildman–Crippen MR) is 88.4 cm³/mol. The second-order valence-electron chi connectivity index (χ2n) is 5.70. The van der Waals surface area contributed by atoms with E-state index in [1.165, 1.54) is 12.1 Å². The number of aromatic hydroxyl groups is 1. The summed E-state index contributed by atoms with van der Waals surface area (Å²) in [6.07, 6.45) is 1.11. The Bertz CT molecular complexity index is 606. The van der Waals surface area contributed by atoms with Gasteiger partial charge >= 0.3 is 11.9 Å². The molecule has 1 aromatic rings. The molecule has 1 saturated carbocycles. The minimum atomic E-state index is -1.32. The average Bonchev–Trinajstić information content (AvgIpc) is 3.39. The lowest BCUT2D eigenvalue weighted by Crippen LogP contribution is -2.38. The number of benzene rings is 1. The Morgan fingerprint density at radius 2 is 1.67 bits per heavy atom. The van der Waals surface area contributed by atoms with E-state index < -0.39 is 23.8 Å². The topological polar surface area (TPSA) is 127 Å². The monoisotopic (exact) mass is 337 g/mol. The Hall–Kier alpha value is -2.41. The molecule has 0 heterocycles. The summed E-state index contributed by atoms with van der Waals surface area (Å²) in [6.45, 7) is 0. The molecule has 7 heteroatoms. The number of aliphatic hydroxyl groups is 1. The third-order valence-corrected chi connectivity index (χ3v) is 4.20. The van der Waals surface area contributed by atoms with E-state index in [1.54, 1.807) is 19.2 Å². The molecule has 2 rings (SSSR count). The lowest BCUT2D eigenvalue weighted by molar-refractivity contribution is -0.156. The maximum atomic E-state index is 11.8. The number of hydrogen-bond acceptors (Lipinski definition) is 5. The molecule has 1 aliphatic carbocycles. The van der Waals surface area contributed by atoms with Crippen molar-refractivity contribution < 1.29 is 30.0 Å². The first kappa shape index (κ1) is 19.6. The van der Waals surface area contributed by atoms with Crippen molar-refractivity contribution in [3.8, 4) is 5.75 Å². The van der Waals surface area contributed by atoms with Crippen molar-refractivity contribution in [2.45, 2.75) is 25.7 Å². The second kappa shape index (κ2) is 8.44. The number of aliphatic hydroxyl groups excluding tert-OH is 1. The van der Waals surface area contributed by atoms with Crippen molar-refractivity contribution in [3.05, 3.63) is 29.8 Å². The first-order chi connectivity index (χ1) is 11.4. The molecule has 1 aliphatic rings. The second-order valence-corrected chi connectivity index (χ2v) is 5.70. The molecule has 7 nitrogen and oxygen atoms in total. The van der Waals surface area contributed by atoms with Crippen LogP contribution in [0.2, 0.25) is 0 Å². The molecule has 24 heavy (non-hydrogen) atoms. The Kier molecular flexibility index (Phi) is 6.91. The third kappa shape index (κ3) is 4.55. The van der Waals surface area contributed by atoms with E-state index in [9.17, 15) is 19.8 Å². The smallest absolute Gasteiger partial charge is 0.310 e. The summed E-state index contributed by atoms with van der Waals surface area (Å²) in [6, 6.07) is 6.30. The maximum Gasteiger partial charge on any atom is 0.310 e. The molecule has 132 valence electrons. The molecule has 1 unspecified atom stereocenters. The van der Waals surface area contributed by atoms with Gasteiger partial charge in [0.15, 0.2) is 0 Å². The number of hydrogen-bond donors (Lipinski definition) is 4. The predicted octanol–water partition coefficient (Wildman–Crippen LogP) is 1.77. The molecule has 0 amide bonds. The van der Waals surface area contributed by atoms with Crippen molar-refractivity contribution in [2.24, 2.45) is 16.3 Å². The summed E-state index contributed by atoms with van der Waals surface area (Å²) in [5.41, 5.74) is -0.0917. The van der Waals surface area contributed by atoms with Crippen LogP contribution in [0, 0.1) is 11.3 Å². The highest BCUT2D eigenvalue weighted by molar-refractivity contribution is 6.03. The number of aliphatic carboxylic acids is 2. The number of carbonyl (C=O) groups is 2. The van der Waals surface area contributed by atoms with Crippen LogP contribution in [0.25, 0.3) is 0 Å². The number of carboxylic acid groups (broad SMARTS) is 2. The van der Waals surface area contributed by atoms with Crippen molar-refractivity contribution in [2.75, 3.05) is 14.2 Å². The first-order valence-electron chi connectivity index (χ1n) is 7.54. The fraction of sp³-hybridized carbons (Fsp3) is 0.471. The van der Waals surface area contributed by atoms with Gasteiger partial charge in [0, 0.05) is 26.3 Å². The standard InChI is InChI=1S/C16H19NO5.CH4O/c1-17-13(10-2-6-12(18)7-3-10)8-16(15(21)22,9-14(19)20)11-4-5-11;1-2/h2-3,6-7,11,18H,4-5,8-9H2,1H3,(H,19,20)(H,21,22);2H,1H3. The van der Waals surface area contributed by atoms with E-state index in [-0.39, 0.29) is 18.1 Å². The van der Waals surface area contributed by atoms with Gasteiger partial charge in [-0.1, -0.05) is 0 Å². The zero-order valence-electron chi connectivity index (χ0n) is 13.8. The van der Waals surface area contributed by atoms with Crippen LogP contribution in [0.4, 0.5) is 0 Å². The third-order valence-electron chi connectivity index (χ3n) is 4.20. The van der Waals surface area contributed by atoms with Gasteiger partial charge in [-0.3, -0.25) is 14.6 Å². The first-order valence-corrected chi connectivity index (χ1v) is 7.54. The van der Waals surface area contributed by atoms with Crippen LogP contribution in [0.1, 0.15) is 31.2 Å². The summed E-state index contributed by atoms with van der Waals surface area (Å²) in [5.74, 6) is -2.22.